The Bertz CT molecular complexity index is 1380. The van der Waals surface area contributed by atoms with Gasteiger partial charge in [0, 0.05) is 18.0 Å². The molecule has 0 radical (unpaired) electrons. The number of likely N-dealkylation sites (N-methyl/N-ethyl adjacent to an activating group) is 1. The van der Waals surface area contributed by atoms with E-state index < -0.39 is 23.8 Å². The third-order valence-corrected chi connectivity index (χ3v) is 10.0. The zero-order valence-electron chi connectivity index (χ0n) is 25.9. The highest BCUT2D eigenvalue weighted by atomic mass is 35.5. The monoisotopic (exact) mass is 621 g/mol. The van der Waals surface area contributed by atoms with Crippen LogP contribution < -0.4 is 16.0 Å². The molecule has 1 aliphatic carbocycles. The highest BCUT2D eigenvalue weighted by Crippen LogP contribution is 2.36. The van der Waals surface area contributed by atoms with Crippen molar-refractivity contribution in [2.75, 3.05) is 26.7 Å². The van der Waals surface area contributed by atoms with Crippen molar-refractivity contribution in [3.63, 3.8) is 0 Å². The minimum Gasteiger partial charge on any atom is -0.345 e. The molecule has 236 valence electrons. The van der Waals surface area contributed by atoms with Gasteiger partial charge < -0.3 is 20.4 Å². The van der Waals surface area contributed by atoms with E-state index in [1.807, 2.05) is 55.5 Å². The molecule has 3 N–H and O–H groups in total. The van der Waals surface area contributed by atoms with Gasteiger partial charge in [-0.3, -0.25) is 24.5 Å². The second-order valence-electron chi connectivity index (χ2n) is 12.5. The van der Waals surface area contributed by atoms with Crippen LogP contribution in [0.5, 0.6) is 0 Å². The molecule has 2 heterocycles. The van der Waals surface area contributed by atoms with Crippen LogP contribution in [0.15, 0.2) is 48.5 Å². The molecule has 1 saturated carbocycles. The van der Waals surface area contributed by atoms with Crippen LogP contribution in [0, 0.1) is 12.8 Å². The van der Waals surface area contributed by atoms with E-state index in [0.717, 1.165) is 48.8 Å². The lowest BCUT2D eigenvalue weighted by Crippen LogP contribution is -2.76. The number of nitrogens with one attached hydrogen (secondary N) is 3. The summed E-state index contributed by atoms with van der Waals surface area (Å²) in [6.07, 6.45) is 5.47. The van der Waals surface area contributed by atoms with E-state index in [2.05, 4.69) is 16.0 Å². The van der Waals surface area contributed by atoms with Gasteiger partial charge in [-0.15, -0.1) is 0 Å². The van der Waals surface area contributed by atoms with Crippen LogP contribution in [0.1, 0.15) is 55.7 Å². The zero-order chi connectivity index (χ0) is 31.4. The van der Waals surface area contributed by atoms with Crippen LogP contribution >= 0.6 is 11.6 Å². The molecule has 9 nitrogen and oxygen atoms in total. The molecule has 0 aromatic heterocycles. The van der Waals surface area contributed by atoms with E-state index in [0.29, 0.717) is 18.0 Å². The maximum absolute atomic E-state index is 15.0. The van der Waals surface area contributed by atoms with E-state index >= 15 is 0 Å². The maximum atomic E-state index is 15.0. The van der Waals surface area contributed by atoms with Crippen molar-refractivity contribution in [2.24, 2.45) is 5.92 Å². The highest BCUT2D eigenvalue weighted by Gasteiger charge is 2.61. The first kappa shape index (κ1) is 32.1. The Morgan fingerprint density at radius 3 is 2.45 bits per heavy atom. The molecule has 5 rings (SSSR count). The fourth-order valence-electron chi connectivity index (χ4n) is 6.94. The van der Waals surface area contributed by atoms with Crippen LogP contribution in [0.25, 0.3) is 0 Å². The van der Waals surface area contributed by atoms with Crippen LogP contribution in [-0.2, 0) is 32.0 Å². The molecule has 2 aromatic carbocycles. The maximum Gasteiger partial charge on any atom is 0.245 e. The number of Topliss-reactive ketones (excluding diaryl/α,β-unsaturated/α-hetero) is 1. The Labute approximate surface area is 265 Å². The molecule has 2 aromatic rings. The molecule has 10 heteroatoms. The molecule has 4 atom stereocenters. The third-order valence-electron chi connectivity index (χ3n) is 9.63. The molecular weight excluding hydrogens is 578 g/mol. The molecule has 3 aliphatic rings. The predicted molar refractivity (Wildman–Crippen MR) is 170 cm³/mol. The molecule has 3 fully saturated rings. The van der Waals surface area contributed by atoms with Crippen LogP contribution in [0.3, 0.4) is 0 Å². The number of piperazine rings is 1. The largest absolute Gasteiger partial charge is 0.345 e. The van der Waals surface area contributed by atoms with Crippen molar-refractivity contribution in [2.45, 2.75) is 82.6 Å². The zero-order valence-corrected chi connectivity index (χ0v) is 26.7. The van der Waals surface area contributed by atoms with E-state index in [-0.39, 0.29) is 48.9 Å². The first-order valence-corrected chi connectivity index (χ1v) is 16.2. The quantitative estimate of drug-likeness (QED) is 0.356. The summed E-state index contributed by atoms with van der Waals surface area (Å²) >= 11 is 6.46. The van der Waals surface area contributed by atoms with Gasteiger partial charge in [-0.1, -0.05) is 78.9 Å². The summed E-state index contributed by atoms with van der Waals surface area (Å²) in [5, 5.41) is 9.93. The SMILES string of the molecule is CN[C@@H](C)C(=O)N[C@H](C(=O)[C@@]12CN(CCc3ccccc3Cl)C(=O)[C@H](Cc3ccc(C)cc3)N1C(=O)CN2)C1CCCCC1. The molecule has 2 aliphatic heterocycles. The summed E-state index contributed by atoms with van der Waals surface area (Å²) < 4.78 is 0. The lowest BCUT2D eigenvalue weighted by Gasteiger charge is -2.51. The van der Waals surface area contributed by atoms with E-state index in [9.17, 15) is 19.2 Å². The number of ketones is 1. The van der Waals surface area contributed by atoms with Crippen molar-refractivity contribution in [1.29, 1.82) is 0 Å². The summed E-state index contributed by atoms with van der Waals surface area (Å²) in [6.45, 7) is 4.04. The van der Waals surface area contributed by atoms with Crippen LogP contribution in [0.4, 0.5) is 0 Å². The predicted octanol–water partition coefficient (Wildman–Crippen LogP) is 3.01. The second kappa shape index (κ2) is 13.8. The van der Waals surface area contributed by atoms with Crippen LogP contribution in [-0.4, -0.2) is 83.8 Å². The van der Waals surface area contributed by atoms with Gasteiger partial charge in [0.1, 0.15) is 6.04 Å². The number of carbonyl (C=O) groups is 4. The fourth-order valence-corrected chi connectivity index (χ4v) is 7.17. The number of halogens is 1. The van der Waals surface area contributed by atoms with Crippen molar-refractivity contribution in [3.05, 3.63) is 70.2 Å². The van der Waals surface area contributed by atoms with Crippen molar-refractivity contribution < 1.29 is 19.2 Å². The van der Waals surface area contributed by atoms with E-state index in [1.54, 1.807) is 18.9 Å². The molecule has 0 bridgehead atoms. The molecule has 3 amide bonds. The topological polar surface area (TPSA) is 111 Å². The van der Waals surface area contributed by atoms with Crippen molar-refractivity contribution in [1.82, 2.24) is 25.8 Å². The Kier molecular flexibility index (Phi) is 10.1. The fraction of sp³-hybridized carbons (Fsp3) is 0.529. The summed E-state index contributed by atoms with van der Waals surface area (Å²) in [5.41, 5.74) is 1.45. The van der Waals surface area contributed by atoms with Gasteiger partial charge in [-0.05, 0) is 63.3 Å². The number of rotatable bonds is 11. The Balaban J connectivity index is 1.53. The van der Waals surface area contributed by atoms with Gasteiger partial charge in [0.05, 0.1) is 25.2 Å². The van der Waals surface area contributed by atoms with Crippen molar-refractivity contribution in [3.8, 4) is 0 Å². The van der Waals surface area contributed by atoms with Gasteiger partial charge in [0.25, 0.3) is 0 Å². The summed E-state index contributed by atoms with van der Waals surface area (Å²) in [6, 6.07) is 13.3. The molecule has 2 saturated heterocycles. The van der Waals surface area contributed by atoms with Crippen molar-refractivity contribution >= 4 is 35.1 Å². The van der Waals surface area contributed by atoms with Crippen LogP contribution in [0.2, 0.25) is 5.02 Å². The first-order valence-electron chi connectivity index (χ1n) is 15.8. The molecule has 44 heavy (non-hydrogen) atoms. The molecule has 0 unspecified atom stereocenters. The number of carbonyl (C=O) groups excluding carboxylic acids is 4. The number of hydrogen-bond donors (Lipinski definition) is 3. The van der Waals surface area contributed by atoms with Gasteiger partial charge in [-0.2, -0.15) is 0 Å². The number of benzene rings is 2. The van der Waals surface area contributed by atoms with Gasteiger partial charge in [0.15, 0.2) is 11.4 Å². The summed E-state index contributed by atoms with van der Waals surface area (Å²) in [7, 11) is 1.71. The third kappa shape index (κ3) is 6.55. The Hall–Kier alpha value is -3.27. The second-order valence-corrected chi connectivity index (χ2v) is 13.0. The van der Waals surface area contributed by atoms with Gasteiger partial charge in [-0.25, -0.2) is 0 Å². The number of hydrogen-bond acceptors (Lipinski definition) is 6. The summed E-state index contributed by atoms with van der Waals surface area (Å²) in [4.78, 5) is 59.3. The highest BCUT2D eigenvalue weighted by molar-refractivity contribution is 6.31. The lowest BCUT2D eigenvalue weighted by atomic mass is 9.78. The number of aryl methyl sites for hydroxylation is 1. The smallest absolute Gasteiger partial charge is 0.245 e. The number of nitrogens with zero attached hydrogens (tertiary/aromatic N) is 2. The Morgan fingerprint density at radius 2 is 1.77 bits per heavy atom. The minimum absolute atomic E-state index is 0.00588. The lowest BCUT2D eigenvalue weighted by molar-refractivity contribution is -0.165. The Morgan fingerprint density at radius 1 is 1.07 bits per heavy atom. The average molecular weight is 622 g/mol. The minimum atomic E-state index is -1.46. The average Bonchev–Trinajstić information content (AvgIpc) is 3.38. The normalized spacial score (nSPS) is 23.8. The number of fused-ring (bicyclic) bond motifs is 1. The molecule has 0 spiro atoms. The van der Waals surface area contributed by atoms with E-state index in [4.69, 9.17) is 11.6 Å². The number of amides is 3. The standard InChI is InChI=1S/C34H44ClN5O4/c1-22-13-15-24(16-14-22)19-28-33(44)39(18-17-25-9-7-8-12-27(25)35)21-34(37-20-29(41)40(28)34)31(42)30(26-10-5-4-6-11-26)38-32(43)23(2)36-3/h7-9,12-16,23,26,28,30,36-37H,4-6,10-11,17-21H2,1-3H3,(H,38,43)/t23-,28-,30-,34+/m0/s1. The first-order chi connectivity index (χ1) is 21.1. The van der Waals surface area contributed by atoms with Gasteiger partial charge in [0.2, 0.25) is 17.7 Å². The summed E-state index contributed by atoms with van der Waals surface area (Å²) in [5.74, 6) is -1.05. The van der Waals surface area contributed by atoms with Gasteiger partial charge >= 0.3 is 0 Å². The van der Waals surface area contributed by atoms with E-state index in [1.165, 1.54) is 4.90 Å². The molecular formula is C34H44ClN5O4.